The van der Waals surface area contributed by atoms with Crippen molar-refractivity contribution in [1.82, 2.24) is 0 Å². The topological polar surface area (TPSA) is 226 Å². The number of unbranched alkanes of at least 4 members (excludes halogenated alkanes) is 3. The molecule has 0 aliphatic heterocycles. The summed E-state index contributed by atoms with van der Waals surface area (Å²) in [5, 5.41) is 0. The second kappa shape index (κ2) is 17.1. The molecule has 0 heterocycles. The van der Waals surface area contributed by atoms with E-state index in [2.05, 4.69) is 0 Å². The lowest BCUT2D eigenvalue weighted by atomic mass is 10.2. The average Bonchev–Trinajstić information content (AvgIpc) is 2.76. The van der Waals surface area contributed by atoms with Gasteiger partial charge in [-0.3, -0.25) is 35.6 Å². The van der Waals surface area contributed by atoms with E-state index in [4.69, 9.17) is 26.5 Å². The van der Waals surface area contributed by atoms with Crippen molar-refractivity contribution >= 4 is 55.1 Å². The molecular weight excluding hydrogens is 686 g/mol. The molecule has 4 atom stereocenters. The van der Waals surface area contributed by atoms with Gasteiger partial charge in [0.2, 0.25) is 0 Å². The summed E-state index contributed by atoms with van der Waals surface area (Å²) in [6, 6.07) is 0. The van der Waals surface area contributed by atoms with E-state index in [1.54, 1.807) is 0 Å². The standard InChI is InChI=1S/C20H44O16P2S4/c1-17(2)35-41(27,28)16-32-38(22,34-20(6)42(29,30)36-18(3)4)14-12-10-9-11-13-37(21,31-15-39(7,23)24)33-19(5)40(8,25)26/h17-20H,9-16H2,1-8H3. The van der Waals surface area contributed by atoms with Crippen molar-refractivity contribution in [1.29, 1.82) is 0 Å². The van der Waals surface area contributed by atoms with Gasteiger partial charge in [0.15, 0.2) is 42.4 Å². The molecule has 0 bridgehead atoms. The third kappa shape index (κ3) is 18.7. The molecule has 0 aliphatic carbocycles. The summed E-state index contributed by atoms with van der Waals surface area (Å²) in [6.07, 6.45) is 0.147. The molecular formula is C20H44O16P2S4. The molecule has 0 amide bonds. The normalized spacial score (nSPS) is 18.0. The van der Waals surface area contributed by atoms with E-state index in [0.717, 1.165) is 26.4 Å². The second-order valence-corrected chi connectivity index (χ2v) is 22.1. The van der Waals surface area contributed by atoms with Crippen LogP contribution in [0.15, 0.2) is 0 Å². The van der Waals surface area contributed by atoms with E-state index < -0.39 is 96.2 Å². The summed E-state index contributed by atoms with van der Waals surface area (Å²) in [5.41, 5.74) is -3.30. The maximum Gasteiger partial charge on any atom is 0.333 e. The zero-order chi connectivity index (χ0) is 33.2. The first-order valence-electron chi connectivity index (χ1n) is 12.7. The van der Waals surface area contributed by atoms with Crippen molar-refractivity contribution in [2.24, 2.45) is 0 Å². The molecule has 0 N–H and O–H groups in total. The fraction of sp³-hybridized carbons (Fsp3) is 1.00. The number of sulfone groups is 2. The number of hydrogen-bond acceptors (Lipinski definition) is 16. The van der Waals surface area contributed by atoms with Gasteiger partial charge < -0.3 is 0 Å². The molecule has 22 heteroatoms. The van der Waals surface area contributed by atoms with Gasteiger partial charge in [-0.25, -0.2) is 16.8 Å². The molecule has 4 unspecified atom stereocenters. The van der Waals surface area contributed by atoms with Crippen LogP contribution < -0.4 is 0 Å². The van der Waals surface area contributed by atoms with Crippen LogP contribution in [0.25, 0.3) is 0 Å². The minimum absolute atomic E-state index is 0.0647. The van der Waals surface area contributed by atoms with Crippen LogP contribution in [0.1, 0.15) is 67.2 Å². The van der Waals surface area contributed by atoms with Crippen LogP contribution in [0.3, 0.4) is 0 Å². The van der Waals surface area contributed by atoms with E-state index in [1.165, 1.54) is 27.7 Å². The Labute approximate surface area is 250 Å². The van der Waals surface area contributed by atoms with E-state index in [-0.39, 0.29) is 31.8 Å². The van der Waals surface area contributed by atoms with Gasteiger partial charge >= 0.3 is 15.2 Å². The zero-order valence-corrected chi connectivity index (χ0v) is 30.1. The quantitative estimate of drug-likeness (QED) is 0.0835. The third-order valence-corrected chi connectivity index (χ3v) is 13.9. The highest BCUT2D eigenvalue weighted by Crippen LogP contribution is 2.52. The molecule has 42 heavy (non-hydrogen) atoms. The zero-order valence-electron chi connectivity index (χ0n) is 25.0. The van der Waals surface area contributed by atoms with Crippen molar-refractivity contribution in [2.75, 3.05) is 36.7 Å². The van der Waals surface area contributed by atoms with Crippen LogP contribution in [0.2, 0.25) is 0 Å². The first-order chi connectivity index (χ1) is 18.7. The lowest BCUT2D eigenvalue weighted by Crippen LogP contribution is -2.26. The average molecular weight is 731 g/mol. The molecule has 0 saturated carbocycles. The highest BCUT2D eigenvalue weighted by Gasteiger charge is 2.36. The van der Waals surface area contributed by atoms with E-state index >= 15 is 0 Å². The fourth-order valence-electron chi connectivity index (χ4n) is 2.83. The van der Waals surface area contributed by atoms with Gasteiger partial charge in [0.1, 0.15) is 0 Å². The molecule has 16 nitrogen and oxygen atoms in total. The number of rotatable bonds is 23. The Morgan fingerprint density at radius 3 is 1.36 bits per heavy atom. The molecule has 0 aromatic carbocycles. The smallest absolute Gasteiger partial charge is 0.292 e. The third-order valence-electron chi connectivity index (χ3n) is 4.76. The van der Waals surface area contributed by atoms with Crippen LogP contribution in [0.4, 0.5) is 0 Å². The lowest BCUT2D eigenvalue weighted by molar-refractivity contribution is 0.175. The monoisotopic (exact) mass is 730 g/mol. The van der Waals surface area contributed by atoms with Crippen molar-refractivity contribution in [2.45, 2.75) is 90.3 Å². The Kier molecular flexibility index (Phi) is 17.1. The van der Waals surface area contributed by atoms with Crippen LogP contribution in [0.5, 0.6) is 0 Å². The molecule has 0 fully saturated rings. The summed E-state index contributed by atoms with van der Waals surface area (Å²) in [5.74, 6) is -2.12. The highest BCUT2D eigenvalue weighted by atomic mass is 32.2. The minimum Gasteiger partial charge on any atom is -0.292 e. The lowest BCUT2D eigenvalue weighted by Gasteiger charge is -2.23. The van der Waals surface area contributed by atoms with Crippen LogP contribution in [-0.2, 0) is 75.5 Å². The molecule has 0 aliphatic rings. The van der Waals surface area contributed by atoms with Gasteiger partial charge in [-0.15, -0.1) is 0 Å². The highest BCUT2D eigenvalue weighted by molar-refractivity contribution is 7.91. The Balaban J connectivity index is 5.44. The first-order valence-corrected chi connectivity index (χ1v) is 23.3. The molecule has 0 saturated heterocycles. The SMILES string of the molecule is CC(C)OS(=O)(=O)COP(=O)(CCCCCCP(=O)(OCS(C)(=O)=O)OC(C)S(C)(=O)=O)OC(C)S(=O)(=O)OC(C)C. The summed E-state index contributed by atoms with van der Waals surface area (Å²) in [6.45, 7) is 7.98. The number of hydrogen-bond donors (Lipinski definition) is 0. The minimum atomic E-state index is -4.36. The molecule has 0 aromatic heterocycles. The molecule has 0 aromatic rings. The molecule has 0 spiro atoms. The largest absolute Gasteiger partial charge is 0.333 e. The van der Waals surface area contributed by atoms with Gasteiger partial charge in [-0.2, -0.15) is 16.8 Å². The van der Waals surface area contributed by atoms with Crippen LogP contribution in [-0.4, -0.2) is 93.5 Å². The maximum atomic E-state index is 13.4. The maximum absolute atomic E-state index is 13.4. The summed E-state index contributed by atoms with van der Waals surface area (Å²) in [4.78, 5) is 0. The van der Waals surface area contributed by atoms with Gasteiger partial charge in [-0.1, -0.05) is 12.8 Å². The van der Waals surface area contributed by atoms with E-state index in [0.29, 0.717) is 0 Å². The predicted octanol–water partition coefficient (Wildman–Crippen LogP) is 3.21. The van der Waals surface area contributed by atoms with E-state index in [1.807, 2.05) is 0 Å². The Morgan fingerprint density at radius 2 is 0.976 bits per heavy atom. The first kappa shape index (κ1) is 42.0. The molecule has 254 valence electrons. The Bertz CT molecular complexity index is 1370. The summed E-state index contributed by atoms with van der Waals surface area (Å²) >= 11 is 0. The van der Waals surface area contributed by atoms with Crippen molar-refractivity contribution < 1.29 is 69.3 Å². The van der Waals surface area contributed by atoms with Gasteiger partial charge in [0.25, 0.3) is 20.2 Å². The van der Waals surface area contributed by atoms with Crippen molar-refractivity contribution in [3.8, 4) is 0 Å². The van der Waals surface area contributed by atoms with Crippen molar-refractivity contribution in [3.63, 3.8) is 0 Å². The van der Waals surface area contributed by atoms with Gasteiger partial charge in [0, 0.05) is 12.5 Å². The van der Waals surface area contributed by atoms with Gasteiger partial charge in [-0.05, 0) is 54.4 Å². The molecule has 0 radical (unpaired) electrons. The molecule has 0 rings (SSSR count). The second-order valence-electron chi connectivity index (χ2n) is 10.0. The van der Waals surface area contributed by atoms with E-state index in [9.17, 15) is 42.8 Å². The van der Waals surface area contributed by atoms with Gasteiger partial charge in [0.05, 0.1) is 24.5 Å². The summed E-state index contributed by atoms with van der Waals surface area (Å²) in [7, 11) is -24.7. The Morgan fingerprint density at radius 1 is 0.571 bits per heavy atom. The Hall–Kier alpha value is 0.0200. The fourth-order valence-corrected chi connectivity index (χ4v) is 11.3. The summed E-state index contributed by atoms with van der Waals surface area (Å²) < 4.78 is 152. The van der Waals surface area contributed by atoms with Crippen LogP contribution >= 0.6 is 15.2 Å². The van der Waals surface area contributed by atoms with Crippen LogP contribution in [0, 0.1) is 0 Å². The van der Waals surface area contributed by atoms with Crippen molar-refractivity contribution in [3.05, 3.63) is 0 Å². The predicted molar refractivity (Wildman–Crippen MR) is 156 cm³/mol.